The molecule has 1 N–H and O–H groups in total. The quantitative estimate of drug-likeness (QED) is 0.855. The zero-order chi connectivity index (χ0) is 18.5. The summed E-state index contributed by atoms with van der Waals surface area (Å²) in [6.45, 7) is 5.98. The van der Waals surface area contributed by atoms with Crippen LogP contribution >= 0.6 is 0 Å². The summed E-state index contributed by atoms with van der Waals surface area (Å²) in [5.74, 6) is 1.90. The van der Waals surface area contributed by atoms with E-state index in [1.54, 1.807) is 31.5 Å². The molecule has 1 aliphatic heterocycles. The van der Waals surface area contributed by atoms with Crippen LogP contribution in [0.25, 0.3) is 0 Å². The second-order valence-electron chi connectivity index (χ2n) is 6.59. The Balaban J connectivity index is 1.69. The van der Waals surface area contributed by atoms with E-state index in [0.29, 0.717) is 22.7 Å². The number of carbonyl (C=O) groups excluding carboxylic acids is 1. The van der Waals surface area contributed by atoms with Crippen LogP contribution in [0.4, 0.5) is 11.5 Å². The van der Waals surface area contributed by atoms with Gasteiger partial charge in [0.1, 0.15) is 5.82 Å². The van der Waals surface area contributed by atoms with Crippen LogP contribution in [0.3, 0.4) is 0 Å². The Bertz CT molecular complexity index is 753. The van der Waals surface area contributed by atoms with Gasteiger partial charge in [-0.05, 0) is 57.0 Å². The van der Waals surface area contributed by atoms with E-state index in [1.165, 1.54) is 12.8 Å². The van der Waals surface area contributed by atoms with Crippen molar-refractivity contribution in [2.24, 2.45) is 0 Å². The number of anilines is 2. The van der Waals surface area contributed by atoms with Gasteiger partial charge < -0.3 is 19.7 Å². The lowest BCUT2D eigenvalue weighted by Crippen LogP contribution is -2.19. The van der Waals surface area contributed by atoms with E-state index in [-0.39, 0.29) is 12.0 Å². The Hall–Kier alpha value is -2.76. The minimum absolute atomic E-state index is 0.0313. The van der Waals surface area contributed by atoms with Crippen LogP contribution < -0.4 is 19.7 Å². The highest BCUT2D eigenvalue weighted by atomic mass is 16.5. The number of nitrogens with zero attached hydrogens (tertiary/aromatic N) is 2. The zero-order valence-corrected chi connectivity index (χ0v) is 15.5. The lowest BCUT2D eigenvalue weighted by atomic mass is 10.2. The highest BCUT2D eigenvalue weighted by Gasteiger charge is 2.15. The third kappa shape index (κ3) is 4.25. The molecule has 6 nitrogen and oxygen atoms in total. The average Bonchev–Trinajstić information content (AvgIpc) is 3.17. The third-order valence-electron chi connectivity index (χ3n) is 4.22. The SMILES string of the molecule is COc1cc(C(=O)Nc2ccc(N3CCCC3)nc2)ccc1OC(C)C. The number of ether oxygens (including phenoxy) is 2. The molecular formula is C20H25N3O3. The molecule has 3 rings (SSSR count). The molecular weight excluding hydrogens is 330 g/mol. The maximum absolute atomic E-state index is 12.5. The molecule has 1 aliphatic rings. The van der Waals surface area contributed by atoms with Crippen molar-refractivity contribution in [3.8, 4) is 11.5 Å². The molecule has 1 fully saturated rings. The van der Waals surface area contributed by atoms with Crippen LogP contribution in [-0.4, -0.2) is 37.2 Å². The van der Waals surface area contributed by atoms with Crippen molar-refractivity contribution in [1.82, 2.24) is 4.98 Å². The molecule has 0 atom stereocenters. The first kappa shape index (κ1) is 18.0. The van der Waals surface area contributed by atoms with E-state index in [0.717, 1.165) is 18.9 Å². The fourth-order valence-corrected chi connectivity index (χ4v) is 2.96. The van der Waals surface area contributed by atoms with Crippen LogP contribution in [0.2, 0.25) is 0 Å². The zero-order valence-electron chi connectivity index (χ0n) is 15.5. The van der Waals surface area contributed by atoms with Crippen LogP contribution in [0.5, 0.6) is 11.5 Å². The summed E-state index contributed by atoms with van der Waals surface area (Å²) in [6.07, 6.45) is 4.14. The maximum atomic E-state index is 12.5. The molecule has 0 bridgehead atoms. The fraction of sp³-hybridized carbons (Fsp3) is 0.400. The molecule has 138 valence electrons. The monoisotopic (exact) mass is 355 g/mol. The van der Waals surface area contributed by atoms with Gasteiger partial charge in [-0.25, -0.2) is 4.98 Å². The topological polar surface area (TPSA) is 63.7 Å². The van der Waals surface area contributed by atoms with Crippen molar-refractivity contribution >= 4 is 17.4 Å². The normalized spacial score (nSPS) is 13.8. The average molecular weight is 355 g/mol. The van der Waals surface area contributed by atoms with Gasteiger partial charge in [0, 0.05) is 18.7 Å². The molecule has 0 unspecified atom stereocenters. The summed E-state index contributed by atoms with van der Waals surface area (Å²) in [5, 5.41) is 2.87. The number of pyridine rings is 1. The Kier molecular flexibility index (Phi) is 5.61. The smallest absolute Gasteiger partial charge is 0.255 e. The number of rotatable bonds is 6. The van der Waals surface area contributed by atoms with Crippen LogP contribution in [-0.2, 0) is 0 Å². The molecule has 0 radical (unpaired) electrons. The van der Waals surface area contributed by atoms with Crippen molar-refractivity contribution in [2.75, 3.05) is 30.4 Å². The largest absolute Gasteiger partial charge is 0.493 e. The first-order valence-corrected chi connectivity index (χ1v) is 8.94. The van der Waals surface area contributed by atoms with Crippen molar-refractivity contribution in [2.45, 2.75) is 32.8 Å². The molecule has 1 aromatic carbocycles. The summed E-state index contributed by atoms with van der Waals surface area (Å²) < 4.78 is 11.0. The van der Waals surface area contributed by atoms with Gasteiger partial charge in [-0.1, -0.05) is 0 Å². The first-order valence-electron chi connectivity index (χ1n) is 8.94. The van der Waals surface area contributed by atoms with Gasteiger partial charge in [0.25, 0.3) is 5.91 Å². The summed E-state index contributed by atoms with van der Waals surface area (Å²) in [6, 6.07) is 8.98. The summed E-state index contributed by atoms with van der Waals surface area (Å²) in [7, 11) is 1.56. The van der Waals surface area contributed by atoms with Crippen molar-refractivity contribution < 1.29 is 14.3 Å². The van der Waals surface area contributed by atoms with Gasteiger partial charge >= 0.3 is 0 Å². The fourth-order valence-electron chi connectivity index (χ4n) is 2.96. The number of methoxy groups -OCH3 is 1. The number of aromatic nitrogens is 1. The Labute approximate surface area is 154 Å². The second-order valence-corrected chi connectivity index (χ2v) is 6.59. The van der Waals surface area contributed by atoms with Gasteiger partial charge in [-0.3, -0.25) is 4.79 Å². The molecule has 26 heavy (non-hydrogen) atoms. The number of carbonyl (C=O) groups is 1. The Morgan fingerprint density at radius 2 is 1.92 bits per heavy atom. The molecule has 1 aromatic heterocycles. The number of hydrogen-bond donors (Lipinski definition) is 1. The molecule has 0 saturated carbocycles. The van der Waals surface area contributed by atoms with Gasteiger partial charge in [0.05, 0.1) is 25.1 Å². The molecule has 2 aromatic rings. The molecule has 2 heterocycles. The predicted octanol–water partition coefficient (Wildman–Crippen LogP) is 3.73. The predicted molar refractivity (Wildman–Crippen MR) is 102 cm³/mol. The number of benzene rings is 1. The maximum Gasteiger partial charge on any atom is 0.255 e. The Morgan fingerprint density at radius 1 is 1.15 bits per heavy atom. The van der Waals surface area contributed by atoms with Crippen molar-refractivity contribution in [3.63, 3.8) is 0 Å². The molecule has 0 spiro atoms. The van der Waals surface area contributed by atoms with Gasteiger partial charge in [-0.15, -0.1) is 0 Å². The Morgan fingerprint density at radius 3 is 2.54 bits per heavy atom. The standard InChI is InChI=1S/C20H25N3O3/c1-14(2)26-17-8-6-15(12-18(17)25-3)20(24)22-16-7-9-19(21-13-16)23-10-4-5-11-23/h6-9,12-14H,4-5,10-11H2,1-3H3,(H,22,24). The summed E-state index contributed by atoms with van der Waals surface area (Å²) >= 11 is 0. The van der Waals surface area contributed by atoms with Crippen LogP contribution in [0.1, 0.15) is 37.0 Å². The van der Waals surface area contributed by atoms with Gasteiger partial charge in [0.15, 0.2) is 11.5 Å². The second kappa shape index (κ2) is 8.08. The molecule has 1 amide bonds. The number of nitrogens with one attached hydrogen (secondary N) is 1. The van der Waals surface area contributed by atoms with E-state index in [9.17, 15) is 4.79 Å². The lowest BCUT2D eigenvalue weighted by molar-refractivity contribution is 0.102. The van der Waals surface area contributed by atoms with Crippen LogP contribution in [0.15, 0.2) is 36.5 Å². The number of amides is 1. The van der Waals surface area contributed by atoms with Gasteiger partial charge in [-0.2, -0.15) is 0 Å². The highest BCUT2D eigenvalue weighted by molar-refractivity contribution is 6.04. The first-order chi connectivity index (χ1) is 12.6. The molecule has 6 heteroatoms. The third-order valence-corrected chi connectivity index (χ3v) is 4.22. The summed E-state index contributed by atoms with van der Waals surface area (Å²) in [4.78, 5) is 19.2. The van der Waals surface area contributed by atoms with E-state index >= 15 is 0 Å². The lowest BCUT2D eigenvalue weighted by Gasteiger charge is -2.16. The molecule has 1 saturated heterocycles. The van der Waals surface area contributed by atoms with E-state index in [4.69, 9.17) is 9.47 Å². The summed E-state index contributed by atoms with van der Waals surface area (Å²) in [5.41, 5.74) is 1.17. The van der Waals surface area contributed by atoms with E-state index < -0.39 is 0 Å². The minimum Gasteiger partial charge on any atom is -0.493 e. The van der Waals surface area contributed by atoms with E-state index in [1.807, 2.05) is 26.0 Å². The highest BCUT2D eigenvalue weighted by Crippen LogP contribution is 2.29. The van der Waals surface area contributed by atoms with Crippen LogP contribution in [0, 0.1) is 0 Å². The number of hydrogen-bond acceptors (Lipinski definition) is 5. The van der Waals surface area contributed by atoms with Crippen molar-refractivity contribution in [3.05, 3.63) is 42.1 Å². The minimum atomic E-state index is -0.213. The van der Waals surface area contributed by atoms with Crippen molar-refractivity contribution in [1.29, 1.82) is 0 Å². The molecule has 0 aliphatic carbocycles. The van der Waals surface area contributed by atoms with E-state index in [2.05, 4.69) is 15.2 Å². The van der Waals surface area contributed by atoms with Gasteiger partial charge in [0.2, 0.25) is 0 Å².